The number of hydrogen-bond donors (Lipinski definition) is 2. The Morgan fingerprint density at radius 2 is 2.12 bits per heavy atom. The molecule has 0 aromatic heterocycles. The molecule has 2 N–H and O–H groups in total. The molecule has 130 valence electrons. The van der Waals surface area contributed by atoms with Crippen LogP contribution in [-0.2, 0) is 15.7 Å². The zero-order valence-electron chi connectivity index (χ0n) is 14.1. The molecular weight excluding hydrogens is 335 g/mol. The van der Waals surface area contributed by atoms with E-state index in [0.717, 1.165) is 11.1 Å². The van der Waals surface area contributed by atoms with Gasteiger partial charge in [0.05, 0.1) is 30.4 Å². The summed E-state index contributed by atoms with van der Waals surface area (Å²) >= 11 is 0. The normalized spacial score (nSPS) is 22.8. The van der Waals surface area contributed by atoms with E-state index in [2.05, 4.69) is 11.4 Å². The van der Waals surface area contributed by atoms with Crippen LogP contribution in [-0.4, -0.2) is 30.8 Å². The van der Waals surface area contributed by atoms with Crippen LogP contribution in [0.4, 0.5) is 0 Å². The van der Waals surface area contributed by atoms with Crippen molar-refractivity contribution >= 4 is 12.7 Å². The van der Waals surface area contributed by atoms with E-state index in [0.29, 0.717) is 30.4 Å². The van der Waals surface area contributed by atoms with Crippen LogP contribution in [0.25, 0.3) is 0 Å². The summed E-state index contributed by atoms with van der Waals surface area (Å²) in [6.45, 7) is 2.52. The van der Waals surface area contributed by atoms with Crippen LogP contribution in [0.3, 0.4) is 0 Å². The van der Waals surface area contributed by atoms with E-state index >= 15 is 0 Å². The lowest BCUT2D eigenvalue weighted by molar-refractivity contribution is 0.00443. The van der Waals surface area contributed by atoms with Gasteiger partial charge in [0, 0.05) is 24.9 Å². The SMILES string of the molecule is CP(=O)(O)c1ccccc1C[C@@H]1CN[C@@H](c2cccc(C#N)c2)CO1. The van der Waals surface area contributed by atoms with Gasteiger partial charge in [-0.25, -0.2) is 0 Å². The predicted molar refractivity (Wildman–Crippen MR) is 97.2 cm³/mol. The quantitative estimate of drug-likeness (QED) is 0.822. The molecule has 1 fully saturated rings. The van der Waals surface area contributed by atoms with Crippen molar-refractivity contribution < 1.29 is 14.2 Å². The van der Waals surface area contributed by atoms with Gasteiger partial charge >= 0.3 is 0 Å². The minimum Gasteiger partial charge on any atom is -0.375 e. The lowest BCUT2D eigenvalue weighted by Gasteiger charge is -2.31. The molecule has 1 heterocycles. The minimum absolute atomic E-state index is 0.0508. The Bertz CT molecular complexity index is 833. The van der Waals surface area contributed by atoms with Crippen LogP contribution >= 0.6 is 7.37 Å². The van der Waals surface area contributed by atoms with Crippen LogP contribution in [0.5, 0.6) is 0 Å². The summed E-state index contributed by atoms with van der Waals surface area (Å²) in [6.07, 6.45) is 0.537. The maximum absolute atomic E-state index is 12.0. The molecule has 6 heteroatoms. The van der Waals surface area contributed by atoms with Gasteiger partial charge in [-0.1, -0.05) is 30.3 Å². The molecular formula is C19H21N2O3P. The monoisotopic (exact) mass is 356 g/mol. The lowest BCUT2D eigenvalue weighted by atomic mass is 10.0. The molecule has 3 atom stereocenters. The summed E-state index contributed by atoms with van der Waals surface area (Å²) in [5, 5.41) is 13.0. The smallest absolute Gasteiger partial charge is 0.226 e. The van der Waals surface area contributed by atoms with E-state index in [1.54, 1.807) is 18.2 Å². The molecule has 1 aliphatic heterocycles. The molecule has 0 spiro atoms. The lowest BCUT2D eigenvalue weighted by Crippen LogP contribution is -2.42. The van der Waals surface area contributed by atoms with Gasteiger partial charge in [-0.05, 0) is 29.3 Å². The van der Waals surface area contributed by atoms with Gasteiger partial charge in [0.1, 0.15) is 0 Å². The molecule has 5 nitrogen and oxygen atoms in total. The second kappa shape index (κ2) is 7.51. The van der Waals surface area contributed by atoms with E-state index in [1.807, 2.05) is 30.3 Å². The molecule has 0 radical (unpaired) electrons. The first-order chi connectivity index (χ1) is 12.0. The summed E-state index contributed by atoms with van der Waals surface area (Å²) in [6, 6.07) is 17.0. The molecule has 0 bridgehead atoms. The van der Waals surface area contributed by atoms with E-state index in [1.165, 1.54) is 6.66 Å². The van der Waals surface area contributed by atoms with Crippen molar-refractivity contribution in [1.82, 2.24) is 5.32 Å². The van der Waals surface area contributed by atoms with Crippen molar-refractivity contribution in [3.05, 3.63) is 65.2 Å². The average molecular weight is 356 g/mol. The number of nitrogens with zero attached hydrogens (tertiary/aromatic N) is 1. The number of nitrogens with one attached hydrogen (secondary N) is 1. The van der Waals surface area contributed by atoms with Crippen molar-refractivity contribution in [3.63, 3.8) is 0 Å². The summed E-state index contributed by atoms with van der Waals surface area (Å²) in [4.78, 5) is 9.91. The Balaban J connectivity index is 1.66. The summed E-state index contributed by atoms with van der Waals surface area (Å²) in [5.74, 6) is 0. The standard InChI is InChI=1S/C19H21N2O3P/c1-25(22,23)19-8-3-2-6-16(19)10-17-12-21-18(13-24-17)15-7-4-5-14(9-15)11-20/h2-9,17-18,21H,10,12-13H2,1H3,(H,22,23)/t17-,18-/m1/s1. The first kappa shape index (κ1) is 17.8. The number of hydrogen-bond acceptors (Lipinski definition) is 4. The molecule has 0 amide bonds. The number of nitriles is 1. The van der Waals surface area contributed by atoms with Crippen molar-refractivity contribution in [2.24, 2.45) is 0 Å². The third-order valence-corrected chi connectivity index (χ3v) is 5.73. The Kier molecular flexibility index (Phi) is 5.36. The van der Waals surface area contributed by atoms with Crippen LogP contribution in [0.2, 0.25) is 0 Å². The van der Waals surface area contributed by atoms with Gasteiger partial charge in [0.2, 0.25) is 7.37 Å². The van der Waals surface area contributed by atoms with Crippen LogP contribution < -0.4 is 10.6 Å². The van der Waals surface area contributed by atoms with Crippen molar-refractivity contribution in [3.8, 4) is 6.07 Å². The highest BCUT2D eigenvalue weighted by atomic mass is 31.2. The van der Waals surface area contributed by atoms with Crippen LogP contribution in [0.1, 0.15) is 22.7 Å². The molecule has 1 aliphatic rings. The van der Waals surface area contributed by atoms with Gasteiger partial charge in [-0.2, -0.15) is 5.26 Å². The van der Waals surface area contributed by atoms with E-state index in [-0.39, 0.29) is 12.1 Å². The Morgan fingerprint density at radius 1 is 1.32 bits per heavy atom. The van der Waals surface area contributed by atoms with Gasteiger partial charge in [0.25, 0.3) is 0 Å². The van der Waals surface area contributed by atoms with Gasteiger partial charge in [-0.15, -0.1) is 0 Å². The number of ether oxygens (including phenoxy) is 1. The third-order valence-electron chi connectivity index (χ3n) is 4.39. The largest absolute Gasteiger partial charge is 0.375 e. The van der Waals surface area contributed by atoms with E-state index < -0.39 is 7.37 Å². The number of rotatable bonds is 4. The summed E-state index contributed by atoms with van der Waals surface area (Å²) in [5.41, 5.74) is 2.52. The second-order valence-corrected chi connectivity index (χ2v) is 8.61. The van der Waals surface area contributed by atoms with Crippen LogP contribution in [0, 0.1) is 11.3 Å². The maximum atomic E-state index is 12.0. The fourth-order valence-electron chi connectivity index (χ4n) is 3.13. The molecule has 1 saturated heterocycles. The highest BCUT2D eigenvalue weighted by Crippen LogP contribution is 2.35. The van der Waals surface area contributed by atoms with E-state index in [9.17, 15) is 9.46 Å². The Morgan fingerprint density at radius 3 is 2.80 bits per heavy atom. The van der Waals surface area contributed by atoms with Gasteiger partial charge in [0.15, 0.2) is 0 Å². The highest BCUT2D eigenvalue weighted by Gasteiger charge is 2.25. The molecule has 2 aromatic carbocycles. The fourth-order valence-corrected chi connectivity index (χ4v) is 4.19. The van der Waals surface area contributed by atoms with Gasteiger partial charge in [-0.3, -0.25) is 4.57 Å². The Labute approximate surface area is 147 Å². The number of morpholine rings is 1. The topological polar surface area (TPSA) is 82.4 Å². The maximum Gasteiger partial charge on any atom is 0.226 e. The molecule has 25 heavy (non-hydrogen) atoms. The average Bonchev–Trinajstić information content (AvgIpc) is 2.62. The molecule has 2 aromatic rings. The zero-order chi connectivity index (χ0) is 17.9. The van der Waals surface area contributed by atoms with Crippen molar-refractivity contribution in [2.45, 2.75) is 18.6 Å². The first-order valence-electron chi connectivity index (χ1n) is 8.21. The Hall–Kier alpha value is -1.96. The zero-order valence-corrected chi connectivity index (χ0v) is 14.9. The van der Waals surface area contributed by atoms with Crippen LogP contribution in [0.15, 0.2) is 48.5 Å². The highest BCUT2D eigenvalue weighted by molar-refractivity contribution is 7.65. The summed E-state index contributed by atoms with van der Waals surface area (Å²) in [7, 11) is -3.30. The molecule has 0 saturated carbocycles. The fraction of sp³-hybridized carbons (Fsp3) is 0.316. The molecule has 3 rings (SSSR count). The van der Waals surface area contributed by atoms with Crippen molar-refractivity contribution in [1.29, 1.82) is 5.26 Å². The molecule has 1 unspecified atom stereocenters. The third kappa shape index (κ3) is 4.36. The first-order valence-corrected chi connectivity index (χ1v) is 10.3. The minimum atomic E-state index is -3.30. The van der Waals surface area contributed by atoms with E-state index in [4.69, 9.17) is 10.00 Å². The summed E-state index contributed by atoms with van der Waals surface area (Å²) < 4.78 is 18.0. The van der Waals surface area contributed by atoms with Gasteiger partial charge < -0.3 is 14.9 Å². The second-order valence-electron chi connectivity index (χ2n) is 6.37. The van der Waals surface area contributed by atoms with Crippen molar-refractivity contribution in [2.75, 3.05) is 19.8 Å². The predicted octanol–water partition coefficient (Wildman–Crippen LogP) is 2.36. The molecule has 0 aliphatic carbocycles. The number of benzene rings is 2.